The number of hydrogen-bond donors (Lipinski definition) is 3. The molecule has 0 saturated carbocycles. The lowest BCUT2D eigenvalue weighted by atomic mass is 9.66. The van der Waals surface area contributed by atoms with Crippen LogP contribution in [0.1, 0.15) is 35.6 Å². The second-order valence-corrected chi connectivity index (χ2v) is 11.0. The summed E-state index contributed by atoms with van der Waals surface area (Å²) in [5, 5.41) is 32.5. The Labute approximate surface area is 240 Å². The summed E-state index contributed by atoms with van der Waals surface area (Å²) in [5.41, 5.74) is 2.01. The van der Waals surface area contributed by atoms with E-state index < -0.39 is 66.8 Å². The summed E-state index contributed by atoms with van der Waals surface area (Å²) in [5.74, 6) is -1.02. The smallest absolute Gasteiger partial charge is 0.310 e. The van der Waals surface area contributed by atoms with Gasteiger partial charge in [-0.2, -0.15) is 0 Å². The predicted molar refractivity (Wildman–Crippen MR) is 138 cm³/mol. The van der Waals surface area contributed by atoms with E-state index in [9.17, 15) is 20.1 Å². The first kappa shape index (κ1) is 27.5. The molecule has 0 amide bonds. The number of esters is 1. The van der Waals surface area contributed by atoms with Gasteiger partial charge in [-0.3, -0.25) is 4.79 Å². The van der Waals surface area contributed by atoms with Gasteiger partial charge in [0.2, 0.25) is 12.5 Å². The van der Waals surface area contributed by atoms with Gasteiger partial charge < -0.3 is 58.0 Å². The first-order valence-corrected chi connectivity index (χ1v) is 13.8. The lowest BCUT2D eigenvalue weighted by molar-refractivity contribution is -0.364. The SMILES string of the molecule is COc1cc([C@@H]2c3cc4c(cc3[C@@H](O[C@@H]3O[C@@H]5CO[C@H](C)O[C@@H]5[C@H](O)[C@@H]3O)[C@H]3COC(=O)[C@H]23)OCO4)cc(OC)c1O. The highest BCUT2D eigenvalue weighted by atomic mass is 16.8. The summed E-state index contributed by atoms with van der Waals surface area (Å²) in [7, 11) is 2.86. The molecule has 5 aliphatic rings. The molecule has 3 N–H and O–H groups in total. The van der Waals surface area contributed by atoms with Crippen molar-refractivity contribution in [3.8, 4) is 28.7 Å². The van der Waals surface area contributed by atoms with Crippen LogP contribution in [0.15, 0.2) is 24.3 Å². The summed E-state index contributed by atoms with van der Waals surface area (Å²) >= 11 is 0. The highest BCUT2D eigenvalue weighted by Crippen LogP contribution is 2.57. The Morgan fingerprint density at radius 2 is 1.57 bits per heavy atom. The molecule has 226 valence electrons. The van der Waals surface area contributed by atoms with Crippen molar-refractivity contribution < 1.29 is 62.7 Å². The first-order chi connectivity index (χ1) is 20.3. The van der Waals surface area contributed by atoms with E-state index in [2.05, 4.69) is 0 Å². The number of phenolic OH excluding ortho intramolecular Hbond substituents is 1. The maximum absolute atomic E-state index is 13.4. The number of benzene rings is 2. The monoisotopic (exact) mass is 588 g/mol. The molecule has 13 heteroatoms. The standard InChI is InChI=1S/C29H32O13/c1-11-36-9-20-27(40-11)24(31)25(32)29(41-20)42-26-14-7-17-16(38-10-39-17)6-13(14)21(22-15(26)8-37-28(22)33)12-4-18(34-2)23(30)19(5-12)35-3/h4-7,11,15,20-22,24-27,29-32H,8-10H2,1-3H3/t11-,15-,20+,21+,22-,24+,25-,26+,27-,29-/m0/s1. The average molecular weight is 589 g/mol. The molecule has 4 heterocycles. The summed E-state index contributed by atoms with van der Waals surface area (Å²) in [4.78, 5) is 13.4. The van der Waals surface area contributed by atoms with E-state index in [1.165, 1.54) is 14.2 Å². The molecular formula is C29H32O13. The summed E-state index contributed by atoms with van der Waals surface area (Å²) in [6.07, 6.45) is -6.80. The maximum atomic E-state index is 13.4. The van der Waals surface area contributed by atoms with Crippen LogP contribution in [-0.4, -0.2) is 92.5 Å². The number of methoxy groups -OCH3 is 2. The number of aliphatic hydroxyl groups excluding tert-OH is 2. The second kappa shape index (κ2) is 10.4. The van der Waals surface area contributed by atoms with E-state index in [1.807, 2.05) is 0 Å². The molecule has 2 aromatic carbocycles. The lowest BCUT2D eigenvalue weighted by Gasteiger charge is -2.47. The largest absolute Gasteiger partial charge is 0.502 e. The van der Waals surface area contributed by atoms with E-state index in [-0.39, 0.29) is 37.3 Å². The van der Waals surface area contributed by atoms with Gasteiger partial charge in [0.1, 0.15) is 24.4 Å². The number of rotatable bonds is 5. The van der Waals surface area contributed by atoms with Gasteiger partial charge in [-0.25, -0.2) is 0 Å². The Kier molecular flexibility index (Phi) is 6.83. The van der Waals surface area contributed by atoms with Crippen LogP contribution in [0.3, 0.4) is 0 Å². The zero-order valence-electron chi connectivity index (χ0n) is 23.1. The van der Waals surface area contributed by atoms with Gasteiger partial charge in [0.05, 0.1) is 39.5 Å². The van der Waals surface area contributed by atoms with Crippen LogP contribution in [0, 0.1) is 11.8 Å². The van der Waals surface area contributed by atoms with Crippen molar-refractivity contribution in [1.82, 2.24) is 0 Å². The number of cyclic esters (lactones) is 1. The Morgan fingerprint density at radius 1 is 0.881 bits per heavy atom. The first-order valence-electron chi connectivity index (χ1n) is 13.8. The van der Waals surface area contributed by atoms with Crippen molar-refractivity contribution in [1.29, 1.82) is 0 Å². The maximum Gasteiger partial charge on any atom is 0.310 e. The fraction of sp³-hybridized carbons (Fsp3) is 0.552. The molecule has 3 saturated heterocycles. The molecule has 1 aliphatic carbocycles. The summed E-state index contributed by atoms with van der Waals surface area (Å²) in [6, 6.07) is 6.93. The molecule has 10 atom stereocenters. The van der Waals surface area contributed by atoms with Crippen molar-refractivity contribution in [2.45, 2.75) is 55.9 Å². The molecule has 0 aromatic heterocycles. The molecule has 0 radical (unpaired) electrons. The minimum atomic E-state index is -1.44. The number of aliphatic hydroxyl groups is 2. The Bertz CT molecular complexity index is 1350. The number of fused-ring (bicyclic) bond motifs is 4. The Hall–Kier alpha value is -3.33. The van der Waals surface area contributed by atoms with Crippen molar-refractivity contribution in [2.24, 2.45) is 11.8 Å². The van der Waals surface area contributed by atoms with E-state index in [1.54, 1.807) is 31.2 Å². The van der Waals surface area contributed by atoms with Crippen molar-refractivity contribution in [2.75, 3.05) is 34.2 Å². The van der Waals surface area contributed by atoms with E-state index in [4.69, 9.17) is 42.6 Å². The van der Waals surface area contributed by atoms with Crippen LogP contribution in [0.5, 0.6) is 28.7 Å². The number of carbonyl (C=O) groups is 1. The van der Waals surface area contributed by atoms with Crippen molar-refractivity contribution in [3.63, 3.8) is 0 Å². The fourth-order valence-corrected chi connectivity index (χ4v) is 6.74. The van der Waals surface area contributed by atoms with Gasteiger partial charge in [0, 0.05) is 11.8 Å². The minimum absolute atomic E-state index is 0.0301. The molecular weight excluding hydrogens is 556 g/mol. The Balaban J connectivity index is 1.32. The van der Waals surface area contributed by atoms with Gasteiger partial charge in [0.25, 0.3) is 0 Å². The highest BCUT2D eigenvalue weighted by Gasteiger charge is 2.56. The average Bonchev–Trinajstić information content (AvgIpc) is 3.61. The zero-order chi connectivity index (χ0) is 29.3. The normalized spacial score (nSPS) is 36.5. The minimum Gasteiger partial charge on any atom is -0.502 e. The quantitative estimate of drug-likeness (QED) is 0.430. The molecule has 13 nitrogen and oxygen atoms in total. The van der Waals surface area contributed by atoms with Gasteiger partial charge in [-0.15, -0.1) is 0 Å². The van der Waals surface area contributed by atoms with E-state index >= 15 is 0 Å². The third-order valence-electron chi connectivity index (χ3n) is 8.75. The molecule has 4 aliphatic heterocycles. The van der Waals surface area contributed by atoms with Gasteiger partial charge in [0.15, 0.2) is 35.6 Å². The van der Waals surface area contributed by atoms with E-state index in [0.717, 1.165) is 0 Å². The fourth-order valence-electron chi connectivity index (χ4n) is 6.74. The third kappa shape index (κ3) is 4.26. The number of phenols is 1. The van der Waals surface area contributed by atoms with Crippen molar-refractivity contribution in [3.05, 3.63) is 41.0 Å². The van der Waals surface area contributed by atoms with Crippen LogP contribution in [0.25, 0.3) is 0 Å². The lowest BCUT2D eigenvalue weighted by Crippen LogP contribution is -2.63. The van der Waals surface area contributed by atoms with Gasteiger partial charge in [-0.1, -0.05) is 0 Å². The Morgan fingerprint density at radius 3 is 2.26 bits per heavy atom. The molecule has 0 unspecified atom stereocenters. The second-order valence-electron chi connectivity index (χ2n) is 11.0. The van der Waals surface area contributed by atoms with Crippen LogP contribution >= 0.6 is 0 Å². The van der Waals surface area contributed by atoms with Crippen LogP contribution in [0.4, 0.5) is 0 Å². The summed E-state index contributed by atoms with van der Waals surface area (Å²) < 4.78 is 51.5. The van der Waals surface area contributed by atoms with Gasteiger partial charge in [-0.05, 0) is 47.9 Å². The van der Waals surface area contributed by atoms with Crippen LogP contribution in [0.2, 0.25) is 0 Å². The predicted octanol–water partition coefficient (Wildman–Crippen LogP) is 1.34. The molecule has 0 spiro atoms. The van der Waals surface area contributed by atoms with Crippen LogP contribution < -0.4 is 18.9 Å². The zero-order valence-corrected chi connectivity index (χ0v) is 23.1. The molecule has 42 heavy (non-hydrogen) atoms. The number of aromatic hydroxyl groups is 1. The number of carbonyl (C=O) groups excluding carboxylic acids is 1. The molecule has 0 bridgehead atoms. The molecule has 7 rings (SSSR count). The van der Waals surface area contributed by atoms with Gasteiger partial charge >= 0.3 is 5.97 Å². The molecule has 3 fully saturated rings. The van der Waals surface area contributed by atoms with E-state index in [0.29, 0.717) is 28.2 Å². The highest BCUT2D eigenvalue weighted by molar-refractivity contribution is 5.79. The van der Waals surface area contributed by atoms with Crippen molar-refractivity contribution >= 4 is 5.97 Å². The number of ether oxygens (including phenoxy) is 9. The summed E-state index contributed by atoms with van der Waals surface area (Å²) in [6.45, 7) is 1.93. The van der Waals surface area contributed by atoms with Crippen LogP contribution in [-0.2, 0) is 28.5 Å². The molecule has 2 aromatic rings. The number of hydrogen-bond acceptors (Lipinski definition) is 13. The third-order valence-corrected chi connectivity index (χ3v) is 8.75. The topological polar surface area (TPSA) is 161 Å².